The highest BCUT2D eigenvalue weighted by molar-refractivity contribution is 6.85. The molecule has 0 saturated heterocycles. The van der Waals surface area contributed by atoms with Crippen LogP contribution in [-0.2, 0) is 16.2 Å². The molecule has 0 saturated carbocycles. The van der Waals surface area contributed by atoms with Crippen LogP contribution >= 0.6 is 0 Å². The molecule has 0 spiro atoms. The molecule has 0 atom stereocenters. The van der Waals surface area contributed by atoms with Gasteiger partial charge in [-0.3, -0.25) is 0 Å². The van der Waals surface area contributed by atoms with E-state index >= 15 is 0 Å². The second-order valence-corrected chi connectivity index (χ2v) is 15.6. The lowest BCUT2D eigenvalue weighted by Crippen LogP contribution is -2.56. The lowest BCUT2D eigenvalue weighted by Gasteiger charge is -2.41. The number of nitrogens with zero attached hydrogens (tertiary/aromatic N) is 1. The van der Waals surface area contributed by atoms with Gasteiger partial charge in [0.15, 0.2) is 0 Å². The first kappa shape index (κ1) is 27.8. The lowest BCUT2D eigenvalue weighted by atomic mass is 9.49. The van der Waals surface area contributed by atoms with Crippen molar-refractivity contribution in [1.82, 2.24) is 0 Å². The van der Waals surface area contributed by atoms with Crippen LogP contribution in [0.1, 0.15) is 79.0 Å². The minimum Gasteiger partial charge on any atom is -0.551 e. The first-order valence-corrected chi connectivity index (χ1v) is 15.6. The van der Waals surface area contributed by atoms with Gasteiger partial charge in [-0.05, 0) is 85.1 Å². The van der Waals surface area contributed by atoms with E-state index in [1.807, 2.05) is 0 Å². The second-order valence-electron chi connectivity index (χ2n) is 15.6. The van der Waals surface area contributed by atoms with Crippen LogP contribution in [0, 0.1) is 0 Å². The summed E-state index contributed by atoms with van der Waals surface area (Å²) >= 11 is 0. The van der Waals surface area contributed by atoms with Gasteiger partial charge < -0.3 is 9.55 Å². The Morgan fingerprint density at radius 1 is 0.535 bits per heavy atom. The molecule has 0 amide bonds. The van der Waals surface area contributed by atoms with E-state index < -0.39 is 0 Å². The van der Waals surface area contributed by atoms with E-state index in [0.29, 0.717) is 0 Å². The molecule has 2 heterocycles. The molecule has 43 heavy (non-hydrogen) atoms. The molecule has 0 N–H and O–H groups in total. The van der Waals surface area contributed by atoms with Crippen LogP contribution in [0.5, 0.6) is 5.75 Å². The Morgan fingerprint density at radius 3 is 1.72 bits per heavy atom. The fourth-order valence-corrected chi connectivity index (χ4v) is 6.61. The predicted molar refractivity (Wildman–Crippen MR) is 186 cm³/mol. The Kier molecular flexibility index (Phi) is 5.99. The minimum absolute atomic E-state index is 0.00921. The zero-order valence-corrected chi connectivity index (χ0v) is 27.1. The maximum Gasteiger partial charge on any atom is 0.431 e. The van der Waals surface area contributed by atoms with Crippen LogP contribution in [0.2, 0.25) is 0 Å². The molecule has 3 heteroatoms. The molecule has 0 aliphatic carbocycles. The van der Waals surface area contributed by atoms with E-state index in [1.165, 1.54) is 66.6 Å². The summed E-state index contributed by atoms with van der Waals surface area (Å²) in [5.41, 5.74) is 12.6. The SMILES string of the molecule is CC(C)(C)c1cc(N2c3cc4ccccc4cc3B3Oc4ccccc4-c4cc(C(C)(C)C)cc2c43)cc(C(C)(C)C)c1. The Balaban J connectivity index is 1.63. The Morgan fingerprint density at radius 2 is 1.09 bits per heavy atom. The summed E-state index contributed by atoms with van der Waals surface area (Å²) in [4.78, 5) is 2.54. The normalized spacial score (nSPS) is 14.3. The van der Waals surface area contributed by atoms with Gasteiger partial charge in [0, 0.05) is 28.1 Å². The van der Waals surface area contributed by atoms with E-state index in [9.17, 15) is 0 Å². The smallest absolute Gasteiger partial charge is 0.431 e. The fraction of sp³-hybridized carbons (Fsp3) is 0.300. The molecule has 0 radical (unpaired) electrons. The highest BCUT2D eigenvalue weighted by Crippen LogP contribution is 2.46. The zero-order valence-electron chi connectivity index (χ0n) is 27.1. The van der Waals surface area contributed by atoms with Gasteiger partial charge in [-0.2, -0.15) is 0 Å². The van der Waals surface area contributed by atoms with Crippen LogP contribution in [-0.4, -0.2) is 6.92 Å². The summed E-state index contributed by atoms with van der Waals surface area (Å²) in [6.45, 7) is 20.7. The molecule has 5 aromatic rings. The molecule has 216 valence electrons. The van der Waals surface area contributed by atoms with Gasteiger partial charge in [0.2, 0.25) is 0 Å². The number of para-hydroxylation sites is 1. The summed E-state index contributed by atoms with van der Waals surface area (Å²) in [6, 6.07) is 34.1. The average molecular weight is 564 g/mol. The predicted octanol–water partition coefficient (Wildman–Crippen LogP) is 9.68. The molecule has 0 fully saturated rings. The first-order chi connectivity index (χ1) is 20.2. The summed E-state index contributed by atoms with van der Waals surface area (Å²) in [5, 5.41) is 2.47. The molecule has 0 bridgehead atoms. The summed E-state index contributed by atoms with van der Waals surface area (Å²) < 4.78 is 6.95. The van der Waals surface area contributed by atoms with E-state index in [-0.39, 0.29) is 23.2 Å². The van der Waals surface area contributed by atoms with Gasteiger partial charge in [-0.25, -0.2) is 0 Å². The number of hydrogen-bond donors (Lipinski definition) is 0. The molecule has 5 aromatic carbocycles. The largest absolute Gasteiger partial charge is 0.551 e. The van der Waals surface area contributed by atoms with Crippen molar-refractivity contribution in [3.05, 3.63) is 108 Å². The molecule has 0 aromatic heterocycles. The number of rotatable bonds is 1. The summed E-state index contributed by atoms with van der Waals surface area (Å²) in [6.07, 6.45) is 0. The second kappa shape index (κ2) is 9.26. The van der Waals surface area contributed by atoms with Crippen LogP contribution in [0.4, 0.5) is 17.1 Å². The standard InChI is InChI=1S/C40H42BNO/c1-38(2,3)27-20-28(39(4,5)6)22-30(21-27)42-34-19-26-15-11-10-14-25(26)18-33(34)41-37-32(31-16-12-13-17-36(31)43-41)23-29(24-35(37)42)40(7,8)9/h10-24H,1-9H3. The van der Waals surface area contributed by atoms with E-state index in [1.54, 1.807) is 0 Å². The Labute approximate surface area is 257 Å². The number of benzene rings is 5. The maximum atomic E-state index is 6.95. The highest BCUT2D eigenvalue weighted by atomic mass is 16.4. The molecule has 2 nitrogen and oxygen atoms in total. The van der Waals surface area contributed by atoms with E-state index in [2.05, 4.69) is 158 Å². The van der Waals surface area contributed by atoms with Crippen LogP contribution in [0.15, 0.2) is 91.0 Å². The fourth-order valence-electron chi connectivity index (χ4n) is 6.61. The van der Waals surface area contributed by atoms with Crippen molar-refractivity contribution in [3.8, 4) is 16.9 Å². The molecule has 7 rings (SSSR count). The monoisotopic (exact) mass is 563 g/mol. The summed E-state index contributed by atoms with van der Waals surface area (Å²) in [7, 11) is 0. The van der Waals surface area contributed by atoms with E-state index in [4.69, 9.17) is 4.65 Å². The third-order valence-corrected chi connectivity index (χ3v) is 9.28. The summed E-state index contributed by atoms with van der Waals surface area (Å²) in [5.74, 6) is 0.953. The van der Waals surface area contributed by atoms with Gasteiger partial charge in [0.25, 0.3) is 0 Å². The third kappa shape index (κ3) is 4.56. The van der Waals surface area contributed by atoms with Crippen LogP contribution in [0.25, 0.3) is 21.9 Å². The maximum absolute atomic E-state index is 6.95. The molecule has 0 unspecified atom stereocenters. The lowest BCUT2D eigenvalue weighted by molar-refractivity contribution is 0.568. The third-order valence-electron chi connectivity index (χ3n) is 9.28. The van der Waals surface area contributed by atoms with Crippen molar-refractivity contribution in [3.63, 3.8) is 0 Å². The van der Waals surface area contributed by atoms with Crippen molar-refractivity contribution >= 4 is 45.7 Å². The Bertz CT molecular complexity index is 1880. The van der Waals surface area contributed by atoms with Gasteiger partial charge in [-0.15, -0.1) is 0 Å². The van der Waals surface area contributed by atoms with Gasteiger partial charge in [0.05, 0.1) is 0 Å². The topological polar surface area (TPSA) is 12.5 Å². The first-order valence-electron chi connectivity index (χ1n) is 15.6. The number of hydrogen-bond acceptors (Lipinski definition) is 2. The Hall–Kier alpha value is -3.98. The van der Waals surface area contributed by atoms with Crippen molar-refractivity contribution in [1.29, 1.82) is 0 Å². The molecular weight excluding hydrogens is 521 g/mol. The average Bonchev–Trinajstić information content (AvgIpc) is 2.94. The van der Waals surface area contributed by atoms with Gasteiger partial charge in [-0.1, -0.05) is 123 Å². The molecule has 2 aliphatic heterocycles. The van der Waals surface area contributed by atoms with Crippen molar-refractivity contribution < 1.29 is 4.65 Å². The van der Waals surface area contributed by atoms with Crippen LogP contribution in [0.3, 0.4) is 0 Å². The molecule has 2 aliphatic rings. The van der Waals surface area contributed by atoms with Gasteiger partial charge in [0.1, 0.15) is 5.75 Å². The van der Waals surface area contributed by atoms with Crippen molar-refractivity contribution in [2.75, 3.05) is 4.90 Å². The van der Waals surface area contributed by atoms with Gasteiger partial charge >= 0.3 is 6.92 Å². The van der Waals surface area contributed by atoms with Crippen molar-refractivity contribution in [2.24, 2.45) is 0 Å². The number of fused-ring (bicyclic) bond motifs is 5. The quantitative estimate of drug-likeness (QED) is 0.188. The van der Waals surface area contributed by atoms with Crippen LogP contribution < -0.4 is 20.5 Å². The minimum atomic E-state index is -0.183. The van der Waals surface area contributed by atoms with Crippen molar-refractivity contribution in [2.45, 2.75) is 78.6 Å². The number of anilines is 3. The van der Waals surface area contributed by atoms with E-state index in [0.717, 1.165) is 5.75 Å². The molecular formula is C40H42BNO. The zero-order chi connectivity index (χ0) is 30.5. The highest BCUT2D eigenvalue weighted by Gasteiger charge is 2.43.